The maximum atomic E-state index is 12.8. The Bertz CT molecular complexity index is 1430. The lowest BCUT2D eigenvalue weighted by Crippen LogP contribution is -2.42. The average molecular weight is 458 g/mol. The van der Waals surface area contributed by atoms with E-state index in [-0.39, 0.29) is 4.90 Å². The quantitative estimate of drug-likeness (QED) is 0.609. The summed E-state index contributed by atoms with van der Waals surface area (Å²) in [5.74, 6) is 0. The van der Waals surface area contributed by atoms with E-state index in [1.165, 1.54) is 24.3 Å². The molecule has 0 amide bonds. The average Bonchev–Trinajstić information content (AvgIpc) is 2.99. The van der Waals surface area contributed by atoms with E-state index in [1.54, 1.807) is 10.9 Å². The van der Waals surface area contributed by atoms with Crippen LogP contribution >= 0.6 is 0 Å². The number of pyridine rings is 1. The van der Waals surface area contributed by atoms with Crippen molar-refractivity contribution in [3.05, 3.63) is 66.0 Å². The Morgan fingerprint density at radius 2 is 1.88 bits per heavy atom. The number of hydrogen-bond acceptors (Lipinski definition) is 4. The fourth-order valence-corrected chi connectivity index (χ4v) is 4.66. The number of sulfonamides is 1. The smallest absolute Gasteiger partial charge is 0.308 e. The number of allylic oxidation sites excluding steroid dienone is 4. The van der Waals surface area contributed by atoms with E-state index in [0.29, 0.717) is 22.2 Å². The van der Waals surface area contributed by atoms with Crippen molar-refractivity contribution >= 4 is 26.6 Å². The van der Waals surface area contributed by atoms with Gasteiger partial charge in [0, 0.05) is 23.0 Å². The van der Waals surface area contributed by atoms with Crippen molar-refractivity contribution in [1.29, 1.82) is 5.26 Å². The molecule has 1 aliphatic rings. The highest BCUT2D eigenvalue weighted by molar-refractivity contribution is 7.89. The Morgan fingerprint density at radius 1 is 1.22 bits per heavy atom. The Hall–Kier alpha value is -3.42. The Balaban J connectivity index is 1.82. The summed E-state index contributed by atoms with van der Waals surface area (Å²) in [7, 11) is -4.38. The number of aryl methyl sites for hydroxylation is 1. The van der Waals surface area contributed by atoms with Crippen LogP contribution < -0.4 is 4.72 Å². The number of aromatic nitrogens is 2. The summed E-state index contributed by atoms with van der Waals surface area (Å²) < 4.78 is 66.6. The first-order valence-electron chi connectivity index (χ1n) is 9.52. The molecule has 0 saturated carbocycles. The van der Waals surface area contributed by atoms with Gasteiger partial charge in [0.05, 0.1) is 21.7 Å². The van der Waals surface area contributed by atoms with Gasteiger partial charge in [-0.3, -0.25) is 4.98 Å². The molecule has 0 radical (unpaired) electrons. The van der Waals surface area contributed by atoms with Crippen molar-refractivity contribution in [3.63, 3.8) is 0 Å². The zero-order chi connectivity index (χ0) is 23.3. The third-order valence-electron chi connectivity index (χ3n) is 5.15. The summed E-state index contributed by atoms with van der Waals surface area (Å²) in [6.07, 6.45) is 2.52. The molecule has 3 aromatic rings. The lowest BCUT2D eigenvalue weighted by molar-refractivity contribution is -0.147. The summed E-state index contributed by atoms with van der Waals surface area (Å²) in [6.45, 7) is 2.57. The molecular weight excluding hydrogens is 441 g/mol. The fraction of sp³-hybridized carbons (Fsp3) is 0.182. The maximum Gasteiger partial charge on any atom is 0.404 e. The van der Waals surface area contributed by atoms with E-state index in [0.717, 1.165) is 23.8 Å². The van der Waals surface area contributed by atoms with E-state index in [2.05, 4.69) is 11.1 Å². The van der Waals surface area contributed by atoms with E-state index in [4.69, 9.17) is 0 Å². The Kier molecular flexibility index (Phi) is 5.19. The van der Waals surface area contributed by atoms with Gasteiger partial charge in [-0.15, -0.1) is 0 Å². The maximum absolute atomic E-state index is 12.8. The third kappa shape index (κ3) is 3.70. The van der Waals surface area contributed by atoms with Gasteiger partial charge < -0.3 is 4.57 Å². The van der Waals surface area contributed by atoms with Crippen molar-refractivity contribution in [2.24, 2.45) is 0 Å². The summed E-state index contributed by atoms with van der Waals surface area (Å²) >= 11 is 0. The number of benzene rings is 1. The number of nitriles is 1. The molecule has 0 aliphatic heterocycles. The highest BCUT2D eigenvalue weighted by Gasteiger charge is 2.38. The number of fused-ring (bicyclic) bond motifs is 1. The predicted octanol–water partition coefficient (Wildman–Crippen LogP) is 4.52. The fourth-order valence-electron chi connectivity index (χ4n) is 3.43. The Morgan fingerprint density at radius 3 is 2.41 bits per heavy atom. The second-order valence-electron chi connectivity index (χ2n) is 7.37. The van der Waals surface area contributed by atoms with Gasteiger partial charge in [-0.25, -0.2) is 8.42 Å². The second kappa shape index (κ2) is 7.62. The first-order valence-corrected chi connectivity index (χ1v) is 11.0. The van der Waals surface area contributed by atoms with E-state index < -0.39 is 22.2 Å². The predicted molar refractivity (Wildman–Crippen MR) is 114 cm³/mol. The van der Waals surface area contributed by atoms with Crippen LogP contribution in [-0.2, 0) is 10.0 Å². The molecule has 32 heavy (non-hydrogen) atoms. The number of halogens is 3. The van der Waals surface area contributed by atoms with Crippen LogP contribution in [-0.4, -0.2) is 30.2 Å². The molecule has 0 bridgehead atoms. The zero-order valence-corrected chi connectivity index (χ0v) is 17.8. The number of hydrogen-bond donors (Lipinski definition) is 1. The van der Waals surface area contributed by atoms with Crippen molar-refractivity contribution < 1.29 is 21.6 Å². The molecule has 0 unspecified atom stereocenters. The molecule has 164 valence electrons. The SMILES string of the molecule is Cc1cc2c(cn1)c(C#N)c(-c1ccc(S(=O)(=O)N[C@H](C)C(F)(F)F)cc1)n2C1=CC=C1. The molecular formula is C22H17F3N4O2S. The van der Waals surface area contributed by atoms with Gasteiger partial charge in [0.1, 0.15) is 12.1 Å². The number of rotatable bonds is 5. The molecule has 0 fully saturated rings. The van der Waals surface area contributed by atoms with Crippen LogP contribution in [0.15, 0.2) is 59.7 Å². The summed E-state index contributed by atoms with van der Waals surface area (Å²) in [4.78, 5) is 3.97. The molecule has 0 spiro atoms. The van der Waals surface area contributed by atoms with E-state index in [1.807, 2.05) is 35.8 Å². The molecule has 6 nitrogen and oxygen atoms in total. The summed E-state index contributed by atoms with van der Waals surface area (Å²) in [6, 6.07) is 7.22. The molecule has 2 heterocycles. The summed E-state index contributed by atoms with van der Waals surface area (Å²) in [5.41, 5.74) is 3.84. The van der Waals surface area contributed by atoms with Crippen LogP contribution in [0.4, 0.5) is 13.2 Å². The van der Waals surface area contributed by atoms with Crippen molar-refractivity contribution in [2.45, 2.75) is 31.0 Å². The van der Waals surface area contributed by atoms with Gasteiger partial charge in [-0.1, -0.05) is 18.2 Å². The van der Waals surface area contributed by atoms with Gasteiger partial charge in [0.15, 0.2) is 0 Å². The van der Waals surface area contributed by atoms with E-state index in [9.17, 15) is 26.9 Å². The molecule has 2 aromatic heterocycles. The molecule has 1 atom stereocenters. The molecule has 1 aliphatic carbocycles. The number of alkyl halides is 3. The van der Waals surface area contributed by atoms with Crippen molar-refractivity contribution in [3.8, 4) is 17.3 Å². The van der Waals surface area contributed by atoms with Crippen LogP contribution in [0.3, 0.4) is 0 Å². The van der Waals surface area contributed by atoms with Gasteiger partial charge >= 0.3 is 6.18 Å². The monoisotopic (exact) mass is 458 g/mol. The second-order valence-corrected chi connectivity index (χ2v) is 9.09. The topological polar surface area (TPSA) is 87.8 Å². The molecule has 10 heteroatoms. The minimum atomic E-state index is -4.70. The van der Waals surface area contributed by atoms with Gasteiger partial charge in [-0.2, -0.15) is 23.2 Å². The first kappa shape index (κ1) is 21.8. The molecule has 1 aromatic carbocycles. The molecule has 4 rings (SSSR count). The standard InChI is InChI=1S/C22H17F3N4O2S/c1-13-10-20-19(12-27-13)18(11-26)21(29(20)16-4-3-5-16)15-6-8-17(9-7-15)32(30,31)28-14(2)22(23,24)25/h3-10,12,14,28H,1-2H3/t14-/m1/s1. The minimum Gasteiger partial charge on any atom is -0.308 e. The van der Waals surface area contributed by atoms with Crippen LogP contribution in [0.5, 0.6) is 0 Å². The first-order chi connectivity index (χ1) is 15.0. The Labute approximate surface area is 182 Å². The van der Waals surface area contributed by atoms with Crippen LogP contribution in [0.1, 0.15) is 18.2 Å². The van der Waals surface area contributed by atoms with Crippen LogP contribution in [0, 0.1) is 18.3 Å². The van der Waals surface area contributed by atoms with Gasteiger partial charge in [-0.05, 0) is 49.8 Å². The lowest BCUT2D eigenvalue weighted by Gasteiger charge is -2.18. The van der Waals surface area contributed by atoms with Gasteiger partial charge in [0.25, 0.3) is 0 Å². The minimum absolute atomic E-state index is 0.307. The number of nitrogens with zero attached hydrogens (tertiary/aromatic N) is 3. The lowest BCUT2D eigenvalue weighted by atomic mass is 10.1. The zero-order valence-electron chi connectivity index (χ0n) is 17.0. The molecule has 1 N–H and O–H groups in total. The normalized spacial score (nSPS) is 14.7. The highest BCUT2D eigenvalue weighted by atomic mass is 32.2. The highest BCUT2D eigenvalue weighted by Crippen LogP contribution is 2.37. The summed E-state index contributed by atoms with van der Waals surface area (Å²) in [5, 5.41) is 10.5. The van der Waals surface area contributed by atoms with Crippen molar-refractivity contribution in [2.75, 3.05) is 0 Å². The number of nitrogens with one attached hydrogen (secondary N) is 1. The van der Waals surface area contributed by atoms with Crippen LogP contribution in [0.25, 0.3) is 27.9 Å². The van der Waals surface area contributed by atoms with Crippen LogP contribution in [0.2, 0.25) is 0 Å². The van der Waals surface area contributed by atoms with Crippen molar-refractivity contribution in [1.82, 2.24) is 14.3 Å². The third-order valence-corrected chi connectivity index (χ3v) is 6.71. The van der Waals surface area contributed by atoms with Gasteiger partial charge in [0.2, 0.25) is 10.0 Å². The molecule has 0 saturated heterocycles. The van der Waals surface area contributed by atoms with E-state index >= 15 is 0 Å². The largest absolute Gasteiger partial charge is 0.404 e.